The summed E-state index contributed by atoms with van der Waals surface area (Å²) in [6, 6.07) is 0. The molecule has 4 aliphatic rings. The first-order valence-corrected chi connectivity index (χ1v) is 14.6. The van der Waals surface area contributed by atoms with Crippen molar-refractivity contribution in [1.82, 2.24) is 0 Å². The molecule has 0 radical (unpaired) electrons. The Morgan fingerprint density at radius 1 is 1.02 bits per heavy atom. The van der Waals surface area contributed by atoms with Crippen molar-refractivity contribution in [3.8, 4) is 0 Å². The van der Waals surface area contributed by atoms with Gasteiger partial charge in [0.15, 0.2) is 11.6 Å². The highest BCUT2D eigenvalue weighted by Gasteiger charge is 2.50. The Morgan fingerprint density at radius 2 is 1.75 bits per heavy atom. The van der Waals surface area contributed by atoms with E-state index >= 15 is 0 Å². The third kappa shape index (κ3) is 6.28. The lowest BCUT2D eigenvalue weighted by atomic mass is 9.72. The zero-order valence-corrected chi connectivity index (χ0v) is 24.9. The second-order valence-electron chi connectivity index (χ2n) is 12.7. The Kier molecular flexibility index (Phi) is 9.10. The van der Waals surface area contributed by atoms with Gasteiger partial charge in [-0.25, -0.2) is 0 Å². The Morgan fingerprint density at radius 3 is 2.45 bits per heavy atom. The van der Waals surface area contributed by atoms with E-state index in [0.29, 0.717) is 30.4 Å². The number of hydrogen-bond acceptors (Lipinski definition) is 7. The smallest absolute Gasteiger partial charge is 0.316 e. The number of ketones is 1. The fourth-order valence-electron chi connectivity index (χ4n) is 6.36. The van der Waals surface area contributed by atoms with E-state index in [9.17, 15) is 19.8 Å². The van der Waals surface area contributed by atoms with Crippen molar-refractivity contribution in [1.29, 1.82) is 0 Å². The number of aliphatic hydroxyl groups is 2. The van der Waals surface area contributed by atoms with Crippen LogP contribution in [0.1, 0.15) is 74.1 Å². The molecule has 220 valence electrons. The number of carbonyl (C=O) groups excluding carboxylic acids is 2. The van der Waals surface area contributed by atoms with Crippen molar-refractivity contribution in [2.45, 2.75) is 110 Å². The minimum Gasteiger partial charge on any atom is -0.462 e. The van der Waals surface area contributed by atoms with Crippen LogP contribution in [0.25, 0.3) is 0 Å². The van der Waals surface area contributed by atoms with Gasteiger partial charge >= 0.3 is 5.97 Å². The molecule has 1 fully saturated rings. The van der Waals surface area contributed by atoms with Crippen molar-refractivity contribution in [2.75, 3.05) is 0 Å². The average molecular weight is 555 g/mol. The average Bonchev–Trinajstić information content (AvgIpc) is 2.89. The SMILES string of the molecule is CC1=C[C@H]2C(=O)O[C@H]3C[C@@H](C/C=C(\C)[C@@H](O)[C@@H](C)/C=C/C=C(\C)[C@]2(O)CC1=O)O[C@]1(C=C[C@H](C)[C@@H](C(C)C)O1)C3. The third-order valence-corrected chi connectivity index (χ3v) is 9.02. The van der Waals surface area contributed by atoms with E-state index in [0.717, 1.165) is 5.57 Å². The molecule has 3 aliphatic heterocycles. The van der Waals surface area contributed by atoms with Gasteiger partial charge in [0.2, 0.25) is 0 Å². The highest BCUT2D eigenvalue weighted by molar-refractivity contribution is 5.99. The van der Waals surface area contributed by atoms with Crippen LogP contribution >= 0.6 is 0 Å². The van der Waals surface area contributed by atoms with Crippen LogP contribution in [0.5, 0.6) is 0 Å². The van der Waals surface area contributed by atoms with Gasteiger partial charge in [0.05, 0.1) is 18.3 Å². The predicted molar refractivity (Wildman–Crippen MR) is 153 cm³/mol. The quantitative estimate of drug-likeness (QED) is 0.342. The number of esters is 1. The molecule has 0 aromatic carbocycles. The minimum absolute atomic E-state index is 0.0579. The summed E-state index contributed by atoms with van der Waals surface area (Å²) < 4.78 is 19.3. The Hall–Kier alpha value is -2.32. The molecule has 9 atom stereocenters. The maximum Gasteiger partial charge on any atom is 0.316 e. The van der Waals surface area contributed by atoms with Crippen LogP contribution in [0.2, 0.25) is 0 Å². The van der Waals surface area contributed by atoms with Gasteiger partial charge in [-0.3, -0.25) is 9.59 Å². The van der Waals surface area contributed by atoms with Crippen LogP contribution in [0.3, 0.4) is 0 Å². The monoisotopic (exact) mass is 554 g/mol. The van der Waals surface area contributed by atoms with Crippen molar-refractivity contribution >= 4 is 11.8 Å². The molecule has 2 bridgehead atoms. The van der Waals surface area contributed by atoms with E-state index in [1.54, 1.807) is 26.0 Å². The maximum absolute atomic E-state index is 13.8. The highest BCUT2D eigenvalue weighted by atomic mass is 16.7. The molecule has 0 saturated carbocycles. The van der Waals surface area contributed by atoms with E-state index < -0.39 is 35.5 Å². The zero-order chi connectivity index (χ0) is 29.4. The summed E-state index contributed by atoms with van der Waals surface area (Å²) in [6.45, 7) is 13.6. The highest BCUT2D eigenvalue weighted by Crippen LogP contribution is 2.42. The van der Waals surface area contributed by atoms with Gasteiger partial charge in [-0.1, -0.05) is 64.2 Å². The number of Topliss-reactive ketones (excluding diaryl/α,β-unsaturated/α-hetero) is 1. The molecule has 7 heteroatoms. The number of ether oxygens (including phenoxy) is 3. The van der Waals surface area contributed by atoms with Crippen molar-refractivity contribution in [2.24, 2.45) is 23.7 Å². The van der Waals surface area contributed by atoms with Crippen LogP contribution < -0.4 is 0 Å². The Balaban J connectivity index is 1.75. The number of hydrogen-bond donors (Lipinski definition) is 2. The Bertz CT molecular complexity index is 1140. The molecule has 1 saturated heterocycles. The molecule has 0 aromatic heterocycles. The van der Waals surface area contributed by atoms with Crippen LogP contribution in [-0.4, -0.2) is 57.8 Å². The van der Waals surface area contributed by atoms with Gasteiger partial charge in [-0.2, -0.15) is 0 Å². The summed E-state index contributed by atoms with van der Waals surface area (Å²) in [6.07, 6.45) is 12.4. The molecule has 1 aliphatic carbocycles. The second-order valence-corrected chi connectivity index (χ2v) is 12.7. The molecule has 2 N–H and O–H groups in total. The molecule has 4 rings (SSSR count). The Labute approximate surface area is 238 Å². The second kappa shape index (κ2) is 11.9. The summed E-state index contributed by atoms with van der Waals surface area (Å²) >= 11 is 0. The summed E-state index contributed by atoms with van der Waals surface area (Å²) in [4.78, 5) is 26.4. The molecule has 0 aromatic rings. The lowest BCUT2D eigenvalue weighted by Crippen LogP contribution is -2.54. The van der Waals surface area contributed by atoms with Crippen LogP contribution in [0.4, 0.5) is 0 Å². The largest absolute Gasteiger partial charge is 0.462 e. The van der Waals surface area contributed by atoms with E-state index in [1.807, 2.05) is 32.1 Å². The molecule has 1 spiro atoms. The van der Waals surface area contributed by atoms with Crippen LogP contribution in [0.15, 0.2) is 59.3 Å². The normalized spacial score (nSPS) is 44.6. The number of aliphatic hydroxyl groups excluding tert-OH is 1. The molecule has 40 heavy (non-hydrogen) atoms. The molecule has 0 unspecified atom stereocenters. The molecule has 3 heterocycles. The lowest BCUT2D eigenvalue weighted by Gasteiger charge is -2.48. The predicted octanol–water partition coefficient (Wildman–Crippen LogP) is 5.14. The number of rotatable bonds is 1. The molecular formula is C33H46O7. The van der Waals surface area contributed by atoms with Crippen molar-refractivity contribution in [3.63, 3.8) is 0 Å². The number of carbonyl (C=O) groups is 2. The van der Waals surface area contributed by atoms with Crippen LogP contribution in [-0.2, 0) is 23.8 Å². The summed E-state index contributed by atoms with van der Waals surface area (Å²) in [5.74, 6) is -2.57. The van der Waals surface area contributed by atoms with E-state index in [1.165, 1.54) is 6.08 Å². The van der Waals surface area contributed by atoms with Gasteiger partial charge in [0.1, 0.15) is 17.6 Å². The first-order valence-electron chi connectivity index (χ1n) is 14.6. The van der Waals surface area contributed by atoms with Gasteiger partial charge in [-0.05, 0) is 55.9 Å². The molecule has 0 amide bonds. The van der Waals surface area contributed by atoms with Gasteiger partial charge in [0.25, 0.3) is 0 Å². The van der Waals surface area contributed by atoms with E-state index in [2.05, 4.69) is 26.8 Å². The van der Waals surface area contributed by atoms with Crippen molar-refractivity contribution < 1.29 is 34.0 Å². The topological polar surface area (TPSA) is 102 Å². The van der Waals surface area contributed by atoms with Gasteiger partial charge < -0.3 is 24.4 Å². The first-order chi connectivity index (χ1) is 18.7. The van der Waals surface area contributed by atoms with Crippen LogP contribution in [0, 0.1) is 23.7 Å². The molecule has 7 nitrogen and oxygen atoms in total. The summed E-state index contributed by atoms with van der Waals surface area (Å²) in [5.41, 5.74) is 0.0366. The van der Waals surface area contributed by atoms with E-state index in [-0.39, 0.29) is 42.2 Å². The minimum atomic E-state index is -1.71. The fraction of sp³-hybridized carbons (Fsp3) is 0.636. The molecular weight excluding hydrogens is 508 g/mol. The lowest BCUT2D eigenvalue weighted by molar-refractivity contribution is -0.299. The summed E-state index contributed by atoms with van der Waals surface area (Å²) in [7, 11) is 0. The standard InChI is InChI=1S/C33H46O7/c1-19(2)30-22(5)13-14-32(40-30)17-26-16-25(39-32)12-11-21(4)29(35)20(3)9-8-10-24(7)33(37)18-28(34)23(6)15-27(33)31(36)38-26/h8-11,13-15,19-20,22,25-27,29-30,35,37H,12,16-18H2,1-7H3/b9-8+,21-11+,24-10+/t20-,22-,25+,26-,27-,29-,30+,32-,33+/m0/s1. The zero-order valence-electron chi connectivity index (χ0n) is 24.9. The fourth-order valence-corrected chi connectivity index (χ4v) is 6.36. The first kappa shape index (κ1) is 30.6. The number of allylic oxidation sites excluding steroid dienone is 3. The van der Waals surface area contributed by atoms with Gasteiger partial charge in [-0.15, -0.1) is 0 Å². The maximum atomic E-state index is 13.8. The van der Waals surface area contributed by atoms with Crippen molar-refractivity contribution in [3.05, 3.63) is 59.3 Å². The number of fused-ring (bicyclic) bond motifs is 3. The third-order valence-electron chi connectivity index (χ3n) is 9.02. The van der Waals surface area contributed by atoms with Gasteiger partial charge in [0, 0.05) is 31.1 Å². The van der Waals surface area contributed by atoms with E-state index in [4.69, 9.17) is 14.2 Å². The summed E-state index contributed by atoms with van der Waals surface area (Å²) in [5, 5.41) is 22.8.